The smallest absolute Gasteiger partial charge is 0.327 e. The first-order valence-electron chi connectivity index (χ1n) is 7.30. The lowest BCUT2D eigenvalue weighted by Gasteiger charge is -2.06. The van der Waals surface area contributed by atoms with Crippen LogP contribution in [0.2, 0.25) is 0 Å². The highest BCUT2D eigenvalue weighted by Crippen LogP contribution is 2.24. The normalized spacial score (nSPS) is 13.2. The standard InChI is InChI=1S/C16H14FN3O4/c17-11-4-2-1-3-10(11)12-7-8-13(24-12)14(21)19-20-16(23)15(22)18-9-5-6-9/h1-4,7-9H,5-6H2,(H,18,22)(H,19,21)(H,20,23). The largest absolute Gasteiger partial charge is 0.451 e. The molecule has 0 saturated heterocycles. The quantitative estimate of drug-likeness (QED) is 0.580. The molecule has 1 aliphatic rings. The van der Waals surface area contributed by atoms with Crippen molar-refractivity contribution in [2.75, 3.05) is 0 Å². The molecular formula is C16H14FN3O4. The van der Waals surface area contributed by atoms with Gasteiger partial charge in [-0.2, -0.15) is 0 Å². The van der Waals surface area contributed by atoms with Crippen LogP contribution in [-0.4, -0.2) is 23.8 Å². The summed E-state index contributed by atoms with van der Waals surface area (Å²) in [5.74, 6) is -2.98. The first-order valence-corrected chi connectivity index (χ1v) is 7.30. The summed E-state index contributed by atoms with van der Waals surface area (Å²) in [6.07, 6.45) is 1.69. The minimum absolute atomic E-state index is 0.0346. The third kappa shape index (κ3) is 3.60. The molecule has 2 aromatic rings. The van der Waals surface area contributed by atoms with E-state index in [1.165, 1.54) is 30.3 Å². The molecule has 1 saturated carbocycles. The van der Waals surface area contributed by atoms with E-state index < -0.39 is 23.5 Å². The number of hydrogen-bond acceptors (Lipinski definition) is 4. The lowest BCUT2D eigenvalue weighted by molar-refractivity contribution is -0.139. The minimum Gasteiger partial charge on any atom is -0.451 e. The Kier molecular flexibility index (Phi) is 4.28. The van der Waals surface area contributed by atoms with Gasteiger partial charge in [0.1, 0.15) is 11.6 Å². The van der Waals surface area contributed by atoms with Gasteiger partial charge >= 0.3 is 17.7 Å². The van der Waals surface area contributed by atoms with Gasteiger partial charge in [-0.25, -0.2) is 4.39 Å². The molecule has 0 radical (unpaired) electrons. The first-order chi connectivity index (χ1) is 11.5. The van der Waals surface area contributed by atoms with Crippen molar-refractivity contribution >= 4 is 17.7 Å². The molecule has 0 unspecified atom stereocenters. The van der Waals surface area contributed by atoms with Crippen LogP contribution in [-0.2, 0) is 9.59 Å². The molecule has 8 heteroatoms. The van der Waals surface area contributed by atoms with Gasteiger partial charge in [0.2, 0.25) is 0 Å². The Morgan fingerprint density at radius 1 is 1.00 bits per heavy atom. The van der Waals surface area contributed by atoms with Gasteiger partial charge in [-0.3, -0.25) is 25.2 Å². The lowest BCUT2D eigenvalue weighted by Crippen LogP contribution is -2.48. The zero-order valence-corrected chi connectivity index (χ0v) is 12.5. The van der Waals surface area contributed by atoms with Crippen LogP contribution in [0.5, 0.6) is 0 Å². The van der Waals surface area contributed by atoms with Crippen molar-refractivity contribution in [2.24, 2.45) is 0 Å². The van der Waals surface area contributed by atoms with Crippen molar-refractivity contribution in [1.29, 1.82) is 0 Å². The fourth-order valence-electron chi connectivity index (χ4n) is 1.98. The SMILES string of the molecule is O=C(NNC(=O)c1ccc(-c2ccccc2F)o1)C(=O)NC1CC1. The highest BCUT2D eigenvalue weighted by molar-refractivity contribution is 6.35. The monoisotopic (exact) mass is 331 g/mol. The van der Waals surface area contributed by atoms with Gasteiger partial charge in [-0.15, -0.1) is 0 Å². The number of hydrazine groups is 1. The molecule has 7 nitrogen and oxygen atoms in total. The van der Waals surface area contributed by atoms with Gasteiger partial charge < -0.3 is 9.73 Å². The number of benzene rings is 1. The van der Waals surface area contributed by atoms with Crippen LogP contribution in [0, 0.1) is 5.82 Å². The molecule has 24 heavy (non-hydrogen) atoms. The average molecular weight is 331 g/mol. The van der Waals surface area contributed by atoms with Gasteiger partial charge in [0.05, 0.1) is 5.56 Å². The number of amides is 3. The van der Waals surface area contributed by atoms with Crippen LogP contribution in [0.15, 0.2) is 40.8 Å². The molecule has 1 aromatic carbocycles. The van der Waals surface area contributed by atoms with Crippen LogP contribution in [0.3, 0.4) is 0 Å². The van der Waals surface area contributed by atoms with E-state index in [2.05, 4.69) is 10.7 Å². The highest BCUT2D eigenvalue weighted by atomic mass is 19.1. The van der Waals surface area contributed by atoms with E-state index >= 15 is 0 Å². The Hall–Kier alpha value is -3.16. The van der Waals surface area contributed by atoms with E-state index in [9.17, 15) is 18.8 Å². The van der Waals surface area contributed by atoms with Crippen molar-refractivity contribution in [3.63, 3.8) is 0 Å². The van der Waals surface area contributed by atoms with Crippen LogP contribution in [0.4, 0.5) is 4.39 Å². The van der Waals surface area contributed by atoms with Gasteiger partial charge in [0.25, 0.3) is 0 Å². The summed E-state index contributed by atoms with van der Waals surface area (Å²) in [4.78, 5) is 34.8. The van der Waals surface area contributed by atoms with Crippen molar-refractivity contribution in [3.8, 4) is 11.3 Å². The topological polar surface area (TPSA) is 100 Å². The van der Waals surface area contributed by atoms with Crippen LogP contribution >= 0.6 is 0 Å². The zero-order valence-electron chi connectivity index (χ0n) is 12.5. The van der Waals surface area contributed by atoms with Crippen molar-refractivity contribution in [3.05, 3.63) is 48.0 Å². The van der Waals surface area contributed by atoms with E-state index in [1.807, 2.05) is 5.43 Å². The van der Waals surface area contributed by atoms with E-state index in [0.29, 0.717) is 0 Å². The molecule has 124 valence electrons. The molecule has 3 rings (SSSR count). The van der Waals surface area contributed by atoms with Gasteiger partial charge in [0, 0.05) is 6.04 Å². The molecule has 0 aliphatic heterocycles. The molecule has 3 N–H and O–H groups in total. The van der Waals surface area contributed by atoms with E-state index in [4.69, 9.17) is 4.42 Å². The fourth-order valence-corrected chi connectivity index (χ4v) is 1.98. The average Bonchev–Trinajstić information content (AvgIpc) is 3.25. The Morgan fingerprint density at radius 3 is 2.46 bits per heavy atom. The minimum atomic E-state index is -0.976. The molecular weight excluding hydrogens is 317 g/mol. The third-order valence-corrected chi connectivity index (χ3v) is 3.38. The van der Waals surface area contributed by atoms with Crippen LogP contribution in [0.25, 0.3) is 11.3 Å². The summed E-state index contributed by atoms with van der Waals surface area (Å²) >= 11 is 0. The molecule has 1 heterocycles. The third-order valence-electron chi connectivity index (χ3n) is 3.38. The summed E-state index contributed by atoms with van der Waals surface area (Å²) in [6.45, 7) is 0. The molecule has 0 atom stereocenters. The fraction of sp³-hybridized carbons (Fsp3) is 0.188. The summed E-state index contributed by atoms with van der Waals surface area (Å²) in [7, 11) is 0. The molecule has 1 aliphatic carbocycles. The Bertz CT molecular complexity index is 798. The second kappa shape index (κ2) is 6.53. The molecule has 0 bridgehead atoms. The number of carbonyl (C=O) groups excluding carboxylic acids is 3. The van der Waals surface area contributed by atoms with Crippen LogP contribution in [0.1, 0.15) is 23.4 Å². The summed E-state index contributed by atoms with van der Waals surface area (Å²) in [5, 5.41) is 2.48. The molecule has 3 amide bonds. The maximum absolute atomic E-state index is 13.7. The second-order valence-corrected chi connectivity index (χ2v) is 5.30. The van der Waals surface area contributed by atoms with E-state index in [0.717, 1.165) is 12.8 Å². The number of carbonyl (C=O) groups is 3. The van der Waals surface area contributed by atoms with E-state index in [-0.39, 0.29) is 23.1 Å². The molecule has 1 fully saturated rings. The number of hydrogen-bond donors (Lipinski definition) is 3. The summed E-state index contributed by atoms with van der Waals surface area (Å²) < 4.78 is 19.0. The number of furan rings is 1. The number of halogens is 1. The second-order valence-electron chi connectivity index (χ2n) is 5.30. The number of rotatable bonds is 3. The van der Waals surface area contributed by atoms with Crippen molar-refractivity contribution in [1.82, 2.24) is 16.2 Å². The Balaban J connectivity index is 1.58. The summed E-state index contributed by atoms with van der Waals surface area (Å²) in [5.41, 5.74) is 4.27. The van der Waals surface area contributed by atoms with E-state index in [1.54, 1.807) is 6.07 Å². The zero-order chi connectivity index (χ0) is 17.1. The highest BCUT2D eigenvalue weighted by Gasteiger charge is 2.26. The summed E-state index contributed by atoms with van der Waals surface area (Å²) in [6, 6.07) is 8.78. The molecule has 1 aromatic heterocycles. The van der Waals surface area contributed by atoms with Crippen LogP contribution < -0.4 is 16.2 Å². The maximum Gasteiger partial charge on any atom is 0.327 e. The predicted octanol–water partition coefficient (Wildman–Crippen LogP) is 1.13. The van der Waals surface area contributed by atoms with Gasteiger partial charge in [-0.1, -0.05) is 12.1 Å². The van der Waals surface area contributed by atoms with Crippen molar-refractivity contribution in [2.45, 2.75) is 18.9 Å². The van der Waals surface area contributed by atoms with Gasteiger partial charge in [-0.05, 0) is 37.1 Å². The predicted molar refractivity (Wildman–Crippen MR) is 80.9 cm³/mol. The maximum atomic E-state index is 13.7. The molecule has 0 spiro atoms. The Labute approximate surface area is 136 Å². The first kappa shape index (κ1) is 15.7. The lowest BCUT2D eigenvalue weighted by atomic mass is 10.1. The van der Waals surface area contributed by atoms with Crippen molar-refractivity contribution < 1.29 is 23.2 Å². The number of nitrogens with one attached hydrogen (secondary N) is 3. The van der Waals surface area contributed by atoms with Gasteiger partial charge in [0.15, 0.2) is 5.76 Å². The Morgan fingerprint density at radius 2 is 1.75 bits per heavy atom.